The SMILES string of the molecule is Cc1c(O)ccc(S)c1I. The van der Waals surface area contributed by atoms with Gasteiger partial charge in [0.1, 0.15) is 5.75 Å². The van der Waals surface area contributed by atoms with Crippen molar-refractivity contribution in [2.24, 2.45) is 0 Å². The molecule has 0 aliphatic carbocycles. The molecule has 1 aromatic carbocycles. The Morgan fingerprint density at radius 2 is 2.10 bits per heavy atom. The molecule has 0 saturated heterocycles. The monoisotopic (exact) mass is 266 g/mol. The molecule has 0 fully saturated rings. The van der Waals surface area contributed by atoms with Crippen LogP contribution in [0, 0.1) is 10.5 Å². The second-order valence-electron chi connectivity index (χ2n) is 2.04. The molecule has 0 bridgehead atoms. The highest BCUT2D eigenvalue weighted by Gasteiger charge is 2.02. The van der Waals surface area contributed by atoms with Crippen molar-refractivity contribution in [1.29, 1.82) is 0 Å². The first-order valence-corrected chi connectivity index (χ1v) is 4.32. The topological polar surface area (TPSA) is 20.2 Å². The molecule has 0 unspecified atom stereocenters. The number of phenolic OH excluding ortho intramolecular Hbond substituents is 1. The number of rotatable bonds is 0. The molecule has 10 heavy (non-hydrogen) atoms. The van der Waals surface area contributed by atoms with Crippen LogP contribution in [0.5, 0.6) is 5.75 Å². The van der Waals surface area contributed by atoms with E-state index < -0.39 is 0 Å². The van der Waals surface area contributed by atoms with Crippen LogP contribution < -0.4 is 0 Å². The minimum absolute atomic E-state index is 0.335. The first-order valence-electron chi connectivity index (χ1n) is 2.80. The summed E-state index contributed by atoms with van der Waals surface area (Å²) >= 11 is 6.35. The highest BCUT2D eigenvalue weighted by atomic mass is 127. The lowest BCUT2D eigenvalue weighted by Crippen LogP contribution is -1.82. The summed E-state index contributed by atoms with van der Waals surface area (Å²) in [7, 11) is 0. The molecule has 0 aliphatic heterocycles. The number of hydrogen-bond donors (Lipinski definition) is 2. The molecule has 0 heterocycles. The smallest absolute Gasteiger partial charge is 0.119 e. The Balaban J connectivity index is 3.34. The van der Waals surface area contributed by atoms with Gasteiger partial charge in [0.25, 0.3) is 0 Å². The van der Waals surface area contributed by atoms with Crippen LogP contribution in [-0.2, 0) is 0 Å². The molecule has 0 atom stereocenters. The molecule has 1 rings (SSSR count). The van der Waals surface area contributed by atoms with E-state index in [0.29, 0.717) is 5.75 Å². The summed E-state index contributed by atoms with van der Waals surface area (Å²) in [6.45, 7) is 1.87. The molecule has 54 valence electrons. The Hall–Kier alpha value is 0.1000. The van der Waals surface area contributed by atoms with Gasteiger partial charge in [0.2, 0.25) is 0 Å². The first kappa shape index (κ1) is 8.20. The molecule has 0 amide bonds. The van der Waals surface area contributed by atoms with Gasteiger partial charge in [0, 0.05) is 14.0 Å². The van der Waals surface area contributed by atoms with Crippen LogP contribution in [-0.4, -0.2) is 5.11 Å². The summed E-state index contributed by atoms with van der Waals surface area (Å²) in [5, 5.41) is 9.19. The largest absolute Gasteiger partial charge is 0.508 e. The number of hydrogen-bond acceptors (Lipinski definition) is 2. The van der Waals surface area contributed by atoms with Crippen molar-refractivity contribution in [3.63, 3.8) is 0 Å². The third-order valence-electron chi connectivity index (χ3n) is 1.34. The Morgan fingerprint density at radius 3 is 2.60 bits per heavy atom. The number of aromatic hydroxyl groups is 1. The maximum Gasteiger partial charge on any atom is 0.119 e. The minimum Gasteiger partial charge on any atom is -0.508 e. The van der Waals surface area contributed by atoms with Crippen LogP contribution >= 0.6 is 35.2 Å². The van der Waals surface area contributed by atoms with E-state index >= 15 is 0 Å². The van der Waals surface area contributed by atoms with E-state index in [9.17, 15) is 5.11 Å². The lowest BCUT2D eigenvalue weighted by molar-refractivity contribution is 0.470. The fraction of sp³-hybridized carbons (Fsp3) is 0.143. The number of benzene rings is 1. The highest BCUT2D eigenvalue weighted by molar-refractivity contribution is 14.1. The van der Waals surface area contributed by atoms with Crippen LogP contribution in [0.15, 0.2) is 17.0 Å². The molecule has 1 aromatic rings. The lowest BCUT2D eigenvalue weighted by atomic mass is 10.2. The van der Waals surface area contributed by atoms with Crippen LogP contribution in [0.25, 0.3) is 0 Å². The Labute approximate surface area is 79.0 Å². The Kier molecular flexibility index (Phi) is 2.46. The van der Waals surface area contributed by atoms with E-state index in [2.05, 4.69) is 35.2 Å². The van der Waals surface area contributed by atoms with Gasteiger partial charge in [0.05, 0.1) is 0 Å². The summed E-state index contributed by atoms with van der Waals surface area (Å²) in [6.07, 6.45) is 0. The van der Waals surface area contributed by atoms with Gasteiger partial charge in [0.15, 0.2) is 0 Å². The van der Waals surface area contributed by atoms with Crippen molar-refractivity contribution in [1.82, 2.24) is 0 Å². The number of halogens is 1. The van der Waals surface area contributed by atoms with Crippen LogP contribution in [0.2, 0.25) is 0 Å². The predicted molar refractivity (Wildman–Crippen MR) is 52.8 cm³/mol. The number of phenols is 1. The van der Waals surface area contributed by atoms with Crippen molar-refractivity contribution >= 4 is 35.2 Å². The minimum atomic E-state index is 0.335. The summed E-state index contributed by atoms with van der Waals surface area (Å²) in [4.78, 5) is 0.913. The fourth-order valence-electron chi connectivity index (χ4n) is 0.661. The lowest BCUT2D eigenvalue weighted by Gasteiger charge is -2.02. The molecule has 0 aliphatic rings. The van der Waals surface area contributed by atoms with Crippen LogP contribution in [0.1, 0.15) is 5.56 Å². The standard InChI is InChI=1S/C7H7IOS/c1-4-5(9)2-3-6(10)7(4)8/h2-3,9-10H,1H3. The van der Waals surface area contributed by atoms with Gasteiger partial charge < -0.3 is 5.11 Å². The molecule has 1 N–H and O–H groups in total. The van der Waals surface area contributed by atoms with E-state index in [0.717, 1.165) is 14.0 Å². The third-order valence-corrected chi connectivity index (χ3v) is 3.53. The molecule has 0 spiro atoms. The van der Waals surface area contributed by atoms with Gasteiger partial charge in [-0.05, 0) is 41.6 Å². The number of thiol groups is 1. The average Bonchev–Trinajstić information content (AvgIpc) is 1.93. The normalized spacial score (nSPS) is 9.90. The van der Waals surface area contributed by atoms with Crippen molar-refractivity contribution in [2.45, 2.75) is 11.8 Å². The van der Waals surface area contributed by atoms with E-state index in [1.54, 1.807) is 12.1 Å². The van der Waals surface area contributed by atoms with Gasteiger partial charge in [-0.15, -0.1) is 12.6 Å². The summed E-state index contributed by atoms with van der Waals surface area (Å²) in [5.41, 5.74) is 0.896. The quantitative estimate of drug-likeness (QED) is 0.546. The van der Waals surface area contributed by atoms with Crippen molar-refractivity contribution in [3.8, 4) is 5.75 Å². The van der Waals surface area contributed by atoms with Crippen molar-refractivity contribution in [3.05, 3.63) is 21.3 Å². The van der Waals surface area contributed by atoms with Crippen molar-refractivity contribution in [2.75, 3.05) is 0 Å². The Bertz CT molecular complexity index is 233. The molecular weight excluding hydrogens is 259 g/mol. The molecular formula is C7H7IOS. The van der Waals surface area contributed by atoms with Gasteiger partial charge in [-0.3, -0.25) is 0 Å². The van der Waals surface area contributed by atoms with E-state index in [-0.39, 0.29) is 0 Å². The predicted octanol–water partition coefficient (Wildman–Crippen LogP) is 2.59. The Morgan fingerprint density at radius 1 is 1.50 bits per heavy atom. The molecule has 0 aromatic heterocycles. The van der Waals surface area contributed by atoms with Crippen LogP contribution in [0.4, 0.5) is 0 Å². The zero-order valence-corrected chi connectivity index (χ0v) is 8.48. The van der Waals surface area contributed by atoms with Gasteiger partial charge >= 0.3 is 0 Å². The van der Waals surface area contributed by atoms with E-state index in [4.69, 9.17) is 0 Å². The third kappa shape index (κ3) is 1.40. The van der Waals surface area contributed by atoms with Gasteiger partial charge in [-0.25, -0.2) is 0 Å². The zero-order valence-electron chi connectivity index (χ0n) is 5.43. The maximum absolute atomic E-state index is 9.19. The average molecular weight is 266 g/mol. The second-order valence-corrected chi connectivity index (χ2v) is 3.60. The summed E-state index contributed by atoms with van der Waals surface area (Å²) in [5.74, 6) is 0.335. The molecule has 0 saturated carbocycles. The highest BCUT2D eigenvalue weighted by Crippen LogP contribution is 2.26. The zero-order chi connectivity index (χ0) is 7.72. The second kappa shape index (κ2) is 3.00. The molecule has 0 radical (unpaired) electrons. The van der Waals surface area contributed by atoms with E-state index in [1.807, 2.05) is 6.92 Å². The first-order chi connectivity index (χ1) is 4.63. The van der Waals surface area contributed by atoms with Crippen molar-refractivity contribution < 1.29 is 5.11 Å². The molecule has 1 nitrogen and oxygen atoms in total. The van der Waals surface area contributed by atoms with Gasteiger partial charge in [-0.1, -0.05) is 0 Å². The maximum atomic E-state index is 9.19. The van der Waals surface area contributed by atoms with Gasteiger partial charge in [-0.2, -0.15) is 0 Å². The molecule has 3 heteroatoms. The summed E-state index contributed by atoms with van der Waals surface area (Å²) < 4.78 is 1.01. The van der Waals surface area contributed by atoms with E-state index in [1.165, 1.54) is 0 Å². The fourth-order valence-corrected chi connectivity index (χ4v) is 1.36. The van der Waals surface area contributed by atoms with Crippen LogP contribution in [0.3, 0.4) is 0 Å². The summed E-state index contributed by atoms with van der Waals surface area (Å²) in [6, 6.07) is 3.44.